The molecule has 2 unspecified atom stereocenters. The molecule has 4 rings (SSSR count). The van der Waals surface area contributed by atoms with Gasteiger partial charge in [0.15, 0.2) is 11.9 Å². The number of phenols is 2. The van der Waals surface area contributed by atoms with Crippen LogP contribution in [-0.4, -0.2) is 49.0 Å². The fourth-order valence-corrected chi connectivity index (χ4v) is 4.11. The van der Waals surface area contributed by atoms with Crippen molar-refractivity contribution in [3.05, 3.63) is 59.2 Å². The van der Waals surface area contributed by atoms with Gasteiger partial charge in [-0.1, -0.05) is 30.3 Å². The molecule has 0 saturated carbocycles. The Hall–Kier alpha value is -3.33. The second-order valence-corrected chi connectivity index (χ2v) is 7.07. The van der Waals surface area contributed by atoms with Crippen LogP contribution in [0.3, 0.4) is 0 Å². The van der Waals surface area contributed by atoms with Gasteiger partial charge in [0.1, 0.15) is 23.0 Å². The number of Topliss-reactive ketones (excluding diaryl/α,β-unsaturated/α-hetero) is 1. The number of phenolic OH excluding ortho intramolecular Hbond substituents is 2. The van der Waals surface area contributed by atoms with Crippen molar-refractivity contribution in [1.29, 1.82) is 0 Å². The normalized spacial score (nSPS) is 20.5. The third-order valence-electron chi connectivity index (χ3n) is 5.62. The van der Waals surface area contributed by atoms with Crippen molar-refractivity contribution < 1.29 is 39.1 Å². The minimum Gasteiger partial charge on any atom is -0.507 e. The van der Waals surface area contributed by atoms with Crippen LogP contribution in [-0.2, 0) is 15.1 Å². The zero-order valence-corrected chi connectivity index (χ0v) is 17.2. The summed E-state index contributed by atoms with van der Waals surface area (Å²) in [6, 6.07) is 11.6. The molecule has 0 bridgehead atoms. The number of methoxy groups -OCH3 is 3. The van der Waals surface area contributed by atoms with Crippen LogP contribution in [0.1, 0.15) is 27.8 Å². The van der Waals surface area contributed by atoms with Crippen molar-refractivity contribution >= 4 is 16.6 Å². The molecular weight excluding hydrogens is 404 g/mol. The van der Waals surface area contributed by atoms with E-state index in [-0.39, 0.29) is 39.1 Å². The maximum absolute atomic E-state index is 13.7. The van der Waals surface area contributed by atoms with Gasteiger partial charge in [-0.3, -0.25) is 4.79 Å². The Morgan fingerprint density at radius 1 is 0.935 bits per heavy atom. The number of aliphatic hydroxyl groups excluding tert-OH is 1. The molecule has 0 saturated heterocycles. The Bertz CT molecular complexity index is 1160. The minimum atomic E-state index is -1.83. The largest absolute Gasteiger partial charge is 0.507 e. The Kier molecular flexibility index (Phi) is 5.22. The number of hydrogen-bond acceptors (Lipinski definition) is 8. The predicted octanol–water partition coefficient (Wildman–Crippen LogP) is 3.01. The van der Waals surface area contributed by atoms with E-state index < -0.39 is 30.0 Å². The highest BCUT2D eigenvalue weighted by molar-refractivity contribution is 6.15. The summed E-state index contributed by atoms with van der Waals surface area (Å²) in [4.78, 5) is 13.7. The zero-order valence-electron chi connectivity index (χ0n) is 17.2. The van der Waals surface area contributed by atoms with Gasteiger partial charge in [-0.15, -0.1) is 0 Å². The van der Waals surface area contributed by atoms with Crippen molar-refractivity contribution in [1.82, 2.24) is 0 Å². The van der Waals surface area contributed by atoms with Crippen LogP contribution in [0.2, 0.25) is 0 Å². The monoisotopic (exact) mass is 426 g/mol. The molecule has 8 nitrogen and oxygen atoms in total. The van der Waals surface area contributed by atoms with Gasteiger partial charge < -0.3 is 34.3 Å². The third-order valence-corrected chi connectivity index (χ3v) is 5.62. The van der Waals surface area contributed by atoms with Gasteiger partial charge >= 0.3 is 0 Å². The summed E-state index contributed by atoms with van der Waals surface area (Å²) in [5.74, 6) is -1.00. The first-order valence-corrected chi connectivity index (χ1v) is 9.49. The van der Waals surface area contributed by atoms with Crippen molar-refractivity contribution in [2.45, 2.75) is 11.9 Å². The number of hydrogen-bond donors (Lipinski definition) is 3. The average molecular weight is 426 g/mol. The predicted molar refractivity (Wildman–Crippen MR) is 111 cm³/mol. The smallest absolute Gasteiger partial charge is 0.206 e. The Labute approximate surface area is 178 Å². The lowest BCUT2D eigenvalue weighted by atomic mass is 9.80. The molecule has 1 aliphatic rings. The highest BCUT2D eigenvalue weighted by atomic mass is 16.7. The maximum atomic E-state index is 13.7. The maximum Gasteiger partial charge on any atom is 0.206 e. The van der Waals surface area contributed by atoms with Crippen molar-refractivity contribution in [2.75, 3.05) is 27.9 Å². The standard InChI is InChI=1S/C23H22O8/c1-28-13-9-10-14(29-2)16-15(13)19(25)17-18(20(16)26)22(30-3)31-23(11-24,21(17)27)12-7-5-4-6-8-12/h4-10,22,24-26H,11H2,1-3H3. The van der Waals surface area contributed by atoms with E-state index in [0.29, 0.717) is 5.56 Å². The van der Waals surface area contributed by atoms with E-state index in [0.717, 1.165) is 0 Å². The van der Waals surface area contributed by atoms with Gasteiger partial charge in [-0.25, -0.2) is 0 Å². The fourth-order valence-electron chi connectivity index (χ4n) is 4.11. The van der Waals surface area contributed by atoms with E-state index in [4.69, 9.17) is 18.9 Å². The molecule has 162 valence electrons. The molecule has 31 heavy (non-hydrogen) atoms. The number of fused-ring (bicyclic) bond motifs is 2. The van der Waals surface area contributed by atoms with Crippen LogP contribution in [0.4, 0.5) is 0 Å². The number of aromatic hydroxyl groups is 2. The van der Waals surface area contributed by atoms with Crippen LogP contribution in [0.15, 0.2) is 42.5 Å². The van der Waals surface area contributed by atoms with Crippen LogP contribution in [0.5, 0.6) is 23.0 Å². The Balaban J connectivity index is 2.13. The van der Waals surface area contributed by atoms with Crippen molar-refractivity contribution in [3.8, 4) is 23.0 Å². The molecule has 0 fully saturated rings. The molecule has 0 spiro atoms. The molecule has 3 N–H and O–H groups in total. The van der Waals surface area contributed by atoms with Gasteiger partial charge in [0, 0.05) is 7.11 Å². The number of carbonyl (C=O) groups is 1. The van der Waals surface area contributed by atoms with Gasteiger partial charge in [0.2, 0.25) is 5.78 Å². The molecule has 0 aliphatic carbocycles. The quantitative estimate of drug-likeness (QED) is 0.534. The lowest BCUT2D eigenvalue weighted by Gasteiger charge is -2.40. The van der Waals surface area contributed by atoms with E-state index in [1.54, 1.807) is 42.5 Å². The zero-order chi connectivity index (χ0) is 22.3. The van der Waals surface area contributed by atoms with Gasteiger partial charge in [-0.2, -0.15) is 0 Å². The number of ether oxygens (including phenoxy) is 4. The summed E-state index contributed by atoms with van der Waals surface area (Å²) in [6.07, 6.45) is -1.26. The van der Waals surface area contributed by atoms with E-state index >= 15 is 0 Å². The van der Waals surface area contributed by atoms with Crippen LogP contribution in [0.25, 0.3) is 10.8 Å². The SMILES string of the molecule is COc1ccc(OC)c2c(O)c3c(c(O)c12)C(=O)C(CO)(c1ccccc1)OC3OC. The molecule has 0 aromatic heterocycles. The van der Waals surface area contributed by atoms with E-state index in [9.17, 15) is 20.1 Å². The third kappa shape index (κ3) is 2.83. The van der Waals surface area contributed by atoms with Gasteiger partial charge in [0.05, 0.1) is 42.7 Å². The second kappa shape index (κ2) is 7.73. The summed E-state index contributed by atoms with van der Waals surface area (Å²) in [6.45, 7) is -0.706. The first-order valence-electron chi connectivity index (χ1n) is 9.49. The summed E-state index contributed by atoms with van der Waals surface area (Å²) in [7, 11) is 4.15. The van der Waals surface area contributed by atoms with Crippen molar-refractivity contribution in [3.63, 3.8) is 0 Å². The van der Waals surface area contributed by atoms with Gasteiger partial charge in [-0.05, 0) is 17.7 Å². The molecule has 3 aromatic rings. The van der Waals surface area contributed by atoms with Crippen LogP contribution >= 0.6 is 0 Å². The number of benzene rings is 3. The summed E-state index contributed by atoms with van der Waals surface area (Å²) in [5.41, 5.74) is -1.72. The van der Waals surface area contributed by atoms with E-state index in [1.807, 2.05) is 0 Å². The summed E-state index contributed by atoms with van der Waals surface area (Å²) < 4.78 is 22.1. The Morgan fingerprint density at radius 3 is 2.03 bits per heavy atom. The number of aliphatic hydroxyl groups is 1. The molecule has 3 aromatic carbocycles. The topological polar surface area (TPSA) is 115 Å². The molecule has 8 heteroatoms. The number of rotatable bonds is 5. The lowest BCUT2D eigenvalue weighted by molar-refractivity contribution is -0.207. The highest BCUT2D eigenvalue weighted by Crippen LogP contribution is 2.54. The van der Waals surface area contributed by atoms with Gasteiger partial charge in [0.25, 0.3) is 0 Å². The van der Waals surface area contributed by atoms with Crippen LogP contribution in [0, 0.1) is 0 Å². The molecule has 0 amide bonds. The molecular formula is C23H22O8. The minimum absolute atomic E-state index is 0.0518. The molecule has 1 heterocycles. The van der Waals surface area contributed by atoms with Crippen molar-refractivity contribution in [2.24, 2.45) is 0 Å². The summed E-state index contributed by atoms with van der Waals surface area (Å²) >= 11 is 0. The van der Waals surface area contributed by atoms with E-state index in [2.05, 4.69) is 0 Å². The lowest BCUT2D eigenvalue weighted by Crippen LogP contribution is -2.47. The summed E-state index contributed by atoms with van der Waals surface area (Å²) in [5, 5.41) is 32.9. The first-order chi connectivity index (χ1) is 14.9. The number of carbonyl (C=O) groups excluding carboxylic acids is 1. The average Bonchev–Trinajstić information content (AvgIpc) is 2.82. The fraction of sp³-hybridized carbons (Fsp3) is 0.261. The number of ketones is 1. The first kappa shape index (κ1) is 20.9. The Morgan fingerprint density at radius 2 is 1.52 bits per heavy atom. The van der Waals surface area contributed by atoms with Crippen LogP contribution < -0.4 is 9.47 Å². The highest BCUT2D eigenvalue weighted by Gasteiger charge is 2.52. The van der Waals surface area contributed by atoms with E-state index in [1.165, 1.54) is 21.3 Å². The molecule has 2 atom stereocenters. The molecule has 1 aliphatic heterocycles. The molecule has 0 radical (unpaired) electrons. The second-order valence-electron chi connectivity index (χ2n) is 7.07.